The summed E-state index contributed by atoms with van der Waals surface area (Å²) in [6.45, 7) is 1.88. The van der Waals surface area contributed by atoms with Crippen molar-refractivity contribution in [3.63, 3.8) is 0 Å². The van der Waals surface area contributed by atoms with E-state index < -0.39 is 5.97 Å². The van der Waals surface area contributed by atoms with Gasteiger partial charge in [0.05, 0.1) is 11.8 Å². The summed E-state index contributed by atoms with van der Waals surface area (Å²) in [7, 11) is 0. The zero-order valence-corrected chi connectivity index (χ0v) is 10.7. The van der Waals surface area contributed by atoms with Gasteiger partial charge in [-0.15, -0.1) is 0 Å². The van der Waals surface area contributed by atoms with Crippen LogP contribution >= 0.6 is 22.6 Å². The van der Waals surface area contributed by atoms with Crippen LogP contribution in [-0.4, -0.2) is 11.1 Å². The van der Waals surface area contributed by atoms with Crippen molar-refractivity contribution in [2.75, 3.05) is 0 Å². The van der Waals surface area contributed by atoms with E-state index in [1.54, 1.807) is 24.5 Å². The maximum Gasteiger partial charge on any atom is 0.336 e. The summed E-state index contributed by atoms with van der Waals surface area (Å²) in [6.07, 6.45) is 1.54. The molecule has 0 fully saturated rings. The molecule has 2 aromatic rings. The summed E-state index contributed by atoms with van der Waals surface area (Å²) in [6, 6.07) is 7.10. The molecule has 1 aromatic carbocycles. The molecule has 0 spiro atoms. The number of carboxylic acid groups (broad SMARTS) is 1. The molecule has 1 heterocycles. The maximum atomic E-state index is 11.2. The third-order valence-electron chi connectivity index (χ3n) is 2.30. The van der Waals surface area contributed by atoms with Crippen LogP contribution in [0.3, 0.4) is 0 Å². The van der Waals surface area contributed by atoms with E-state index >= 15 is 0 Å². The van der Waals surface area contributed by atoms with Crippen LogP contribution in [0.15, 0.2) is 34.9 Å². The predicted molar refractivity (Wildman–Crippen MR) is 68.6 cm³/mol. The van der Waals surface area contributed by atoms with E-state index in [0.717, 1.165) is 9.13 Å². The number of halogens is 1. The fraction of sp³-hybridized carbons (Fsp3) is 0.0833. The second-order valence-electron chi connectivity index (χ2n) is 3.43. The summed E-state index contributed by atoms with van der Waals surface area (Å²) in [5.41, 5.74) is 1.83. The molecule has 0 radical (unpaired) electrons. The van der Waals surface area contributed by atoms with Crippen LogP contribution < -0.4 is 0 Å². The summed E-state index contributed by atoms with van der Waals surface area (Å²) in [5, 5.41) is 9.17. The van der Waals surface area contributed by atoms with E-state index in [9.17, 15) is 4.79 Å². The Bertz CT molecular complexity index is 529. The molecule has 0 aliphatic heterocycles. The van der Waals surface area contributed by atoms with E-state index in [4.69, 9.17) is 9.52 Å². The maximum absolute atomic E-state index is 11.2. The molecule has 0 saturated carbocycles. The number of hydrogen-bond donors (Lipinski definition) is 1. The molecule has 2 rings (SSSR count). The number of rotatable bonds is 2. The molecule has 0 unspecified atom stereocenters. The van der Waals surface area contributed by atoms with E-state index in [1.807, 2.05) is 13.0 Å². The Kier molecular flexibility index (Phi) is 3.00. The lowest BCUT2D eigenvalue weighted by Gasteiger charge is -2.08. The molecular weight excluding hydrogens is 319 g/mol. The lowest BCUT2D eigenvalue weighted by molar-refractivity contribution is 0.0697. The second-order valence-corrected chi connectivity index (χ2v) is 4.67. The average molecular weight is 328 g/mol. The van der Waals surface area contributed by atoms with Crippen LogP contribution in [0, 0.1) is 10.5 Å². The van der Waals surface area contributed by atoms with Gasteiger partial charge < -0.3 is 9.52 Å². The first kappa shape index (κ1) is 11.2. The minimum Gasteiger partial charge on any atom is -0.478 e. The fourth-order valence-electron chi connectivity index (χ4n) is 1.66. The zero-order valence-electron chi connectivity index (χ0n) is 8.53. The molecule has 3 nitrogen and oxygen atoms in total. The van der Waals surface area contributed by atoms with E-state index in [0.29, 0.717) is 11.3 Å². The first-order chi connectivity index (χ1) is 7.59. The first-order valence-electron chi connectivity index (χ1n) is 4.67. The van der Waals surface area contributed by atoms with Gasteiger partial charge in [-0.2, -0.15) is 0 Å². The summed E-state index contributed by atoms with van der Waals surface area (Å²) in [5.74, 6) is -0.348. The van der Waals surface area contributed by atoms with Crippen LogP contribution in [0.1, 0.15) is 15.9 Å². The van der Waals surface area contributed by atoms with Gasteiger partial charge in [0.2, 0.25) is 0 Å². The SMILES string of the molecule is Cc1cc(I)cc(C(=O)O)c1-c1ccco1. The molecule has 4 heteroatoms. The highest BCUT2D eigenvalue weighted by atomic mass is 127. The second kappa shape index (κ2) is 4.29. The predicted octanol–water partition coefficient (Wildman–Crippen LogP) is 3.56. The van der Waals surface area contributed by atoms with Crippen LogP contribution in [0.25, 0.3) is 11.3 Å². The van der Waals surface area contributed by atoms with E-state index in [-0.39, 0.29) is 5.56 Å². The molecule has 0 aliphatic rings. The number of carboxylic acids is 1. The van der Waals surface area contributed by atoms with Crippen molar-refractivity contribution in [1.82, 2.24) is 0 Å². The molecule has 82 valence electrons. The van der Waals surface area contributed by atoms with Crippen molar-refractivity contribution in [2.45, 2.75) is 6.92 Å². The van der Waals surface area contributed by atoms with Crippen molar-refractivity contribution in [1.29, 1.82) is 0 Å². The van der Waals surface area contributed by atoms with Crippen molar-refractivity contribution >= 4 is 28.6 Å². The smallest absolute Gasteiger partial charge is 0.336 e. The Labute approximate surface area is 106 Å². The normalized spacial score (nSPS) is 10.4. The largest absolute Gasteiger partial charge is 0.478 e. The van der Waals surface area contributed by atoms with Crippen molar-refractivity contribution in [2.24, 2.45) is 0 Å². The van der Waals surface area contributed by atoms with Gasteiger partial charge >= 0.3 is 5.97 Å². The van der Waals surface area contributed by atoms with Gasteiger partial charge in [-0.05, 0) is 59.3 Å². The lowest BCUT2D eigenvalue weighted by Crippen LogP contribution is -2.01. The first-order valence-corrected chi connectivity index (χ1v) is 5.75. The number of benzene rings is 1. The number of hydrogen-bond acceptors (Lipinski definition) is 2. The lowest BCUT2D eigenvalue weighted by atomic mass is 10.00. The summed E-state index contributed by atoms with van der Waals surface area (Å²) < 4.78 is 6.17. The van der Waals surface area contributed by atoms with Crippen molar-refractivity contribution in [3.8, 4) is 11.3 Å². The van der Waals surface area contributed by atoms with Crippen molar-refractivity contribution < 1.29 is 14.3 Å². The van der Waals surface area contributed by atoms with Gasteiger partial charge in [-0.25, -0.2) is 4.79 Å². The number of aromatic carboxylic acids is 1. The molecule has 0 aliphatic carbocycles. The molecule has 16 heavy (non-hydrogen) atoms. The van der Waals surface area contributed by atoms with E-state index in [2.05, 4.69) is 22.6 Å². The number of furan rings is 1. The highest BCUT2D eigenvalue weighted by molar-refractivity contribution is 14.1. The highest BCUT2D eigenvalue weighted by Gasteiger charge is 2.16. The van der Waals surface area contributed by atoms with Crippen molar-refractivity contribution in [3.05, 3.63) is 45.2 Å². The highest BCUT2D eigenvalue weighted by Crippen LogP contribution is 2.29. The summed E-state index contributed by atoms with van der Waals surface area (Å²) >= 11 is 2.11. The number of aryl methyl sites for hydroxylation is 1. The molecule has 0 amide bonds. The Balaban J connectivity index is 2.72. The Hall–Kier alpha value is -1.30. The monoisotopic (exact) mass is 328 g/mol. The van der Waals surface area contributed by atoms with Gasteiger partial charge in [-0.3, -0.25) is 0 Å². The van der Waals surface area contributed by atoms with Gasteiger partial charge in [0.25, 0.3) is 0 Å². The quantitative estimate of drug-likeness (QED) is 0.858. The van der Waals surface area contributed by atoms with Gasteiger partial charge in [0, 0.05) is 9.13 Å². The molecule has 0 saturated heterocycles. The minimum atomic E-state index is -0.937. The standard InChI is InChI=1S/C12H9IO3/c1-7-5-8(13)6-9(12(14)15)11(7)10-3-2-4-16-10/h2-6H,1H3,(H,14,15). The minimum absolute atomic E-state index is 0.277. The molecule has 0 atom stereocenters. The van der Waals surface area contributed by atoms with Crippen LogP contribution in [-0.2, 0) is 0 Å². The molecule has 1 N–H and O–H groups in total. The van der Waals surface area contributed by atoms with Crippen LogP contribution in [0.2, 0.25) is 0 Å². The van der Waals surface area contributed by atoms with Crippen LogP contribution in [0.5, 0.6) is 0 Å². The Morgan fingerprint density at radius 1 is 1.44 bits per heavy atom. The summed E-state index contributed by atoms with van der Waals surface area (Å²) in [4.78, 5) is 11.2. The average Bonchev–Trinajstić information content (AvgIpc) is 2.69. The van der Waals surface area contributed by atoms with Gasteiger partial charge in [-0.1, -0.05) is 0 Å². The Morgan fingerprint density at radius 2 is 2.19 bits per heavy atom. The fourth-order valence-corrected chi connectivity index (χ4v) is 2.44. The number of carbonyl (C=O) groups is 1. The zero-order chi connectivity index (χ0) is 11.7. The third-order valence-corrected chi connectivity index (χ3v) is 2.92. The van der Waals surface area contributed by atoms with Gasteiger partial charge in [0.1, 0.15) is 5.76 Å². The van der Waals surface area contributed by atoms with E-state index in [1.165, 1.54) is 0 Å². The topological polar surface area (TPSA) is 50.4 Å². The Morgan fingerprint density at radius 3 is 2.75 bits per heavy atom. The molecule has 0 bridgehead atoms. The van der Waals surface area contributed by atoms with Gasteiger partial charge in [0.15, 0.2) is 0 Å². The van der Waals surface area contributed by atoms with Crippen LogP contribution in [0.4, 0.5) is 0 Å². The molecular formula is C12H9IO3. The third kappa shape index (κ3) is 1.97. The molecule has 1 aromatic heterocycles.